The third-order valence-electron chi connectivity index (χ3n) is 2.54. The van der Waals surface area contributed by atoms with E-state index in [2.05, 4.69) is 18.3 Å². The van der Waals surface area contributed by atoms with E-state index in [1.54, 1.807) is 0 Å². The molecule has 0 aliphatic carbocycles. The van der Waals surface area contributed by atoms with E-state index in [4.69, 9.17) is 0 Å². The SMILES string of the molecule is Cc1cccc2c1CNCCC2=O. The van der Waals surface area contributed by atoms with E-state index in [1.165, 1.54) is 11.1 Å². The maximum absolute atomic E-state index is 11.6. The average Bonchev–Trinajstić information content (AvgIpc) is 2.30. The Morgan fingerprint density at radius 1 is 1.38 bits per heavy atom. The number of benzene rings is 1. The molecule has 0 aromatic heterocycles. The van der Waals surface area contributed by atoms with Crippen LogP contribution in [0.1, 0.15) is 27.9 Å². The molecule has 0 saturated carbocycles. The van der Waals surface area contributed by atoms with Gasteiger partial charge in [0.05, 0.1) is 0 Å². The average molecular weight is 175 g/mol. The fourth-order valence-corrected chi connectivity index (χ4v) is 1.75. The standard InChI is InChI=1S/C11H13NO/c1-8-3-2-4-9-10(8)7-12-6-5-11(9)13/h2-4,12H,5-7H2,1H3. The van der Waals surface area contributed by atoms with Crippen molar-refractivity contribution in [1.82, 2.24) is 5.32 Å². The van der Waals surface area contributed by atoms with E-state index in [9.17, 15) is 4.79 Å². The van der Waals surface area contributed by atoms with E-state index in [-0.39, 0.29) is 5.78 Å². The quantitative estimate of drug-likeness (QED) is 0.650. The summed E-state index contributed by atoms with van der Waals surface area (Å²) in [5, 5.41) is 3.25. The highest BCUT2D eigenvalue weighted by Crippen LogP contribution is 2.17. The molecule has 0 unspecified atom stereocenters. The Balaban J connectivity index is 2.54. The number of hydrogen-bond donors (Lipinski definition) is 1. The Morgan fingerprint density at radius 3 is 3.08 bits per heavy atom. The van der Waals surface area contributed by atoms with Crippen LogP contribution in [0.25, 0.3) is 0 Å². The molecule has 2 nitrogen and oxygen atoms in total. The van der Waals surface area contributed by atoms with Gasteiger partial charge in [0.2, 0.25) is 0 Å². The van der Waals surface area contributed by atoms with Crippen molar-refractivity contribution in [2.45, 2.75) is 19.9 Å². The second-order valence-electron chi connectivity index (χ2n) is 3.45. The van der Waals surface area contributed by atoms with Crippen LogP contribution in [0.3, 0.4) is 0 Å². The van der Waals surface area contributed by atoms with Crippen LogP contribution in [0.5, 0.6) is 0 Å². The molecule has 1 aromatic rings. The number of nitrogens with one attached hydrogen (secondary N) is 1. The van der Waals surface area contributed by atoms with Crippen LogP contribution in [0.15, 0.2) is 18.2 Å². The summed E-state index contributed by atoms with van der Waals surface area (Å²) in [5.41, 5.74) is 3.29. The first kappa shape index (κ1) is 8.45. The van der Waals surface area contributed by atoms with Crippen molar-refractivity contribution in [3.8, 4) is 0 Å². The molecule has 0 fully saturated rings. The van der Waals surface area contributed by atoms with Crippen LogP contribution >= 0.6 is 0 Å². The lowest BCUT2D eigenvalue weighted by atomic mass is 9.99. The monoisotopic (exact) mass is 175 g/mol. The van der Waals surface area contributed by atoms with Gasteiger partial charge in [-0.25, -0.2) is 0 Å². The van der Waals surface area contributed by atoms with E-state index in [0.717, 1.165) is 18.7 Å². The predicted molar refractivity (Wildman–Crippen MR) is 51.8 cm³/mol. The van der Waals surface area contributed by atoms with Crippen molar-refractivity contribution in [3.05, 3.63) is 34.9 Å². The number of hydrogen-bond acceptors (Lipinski definition) is 2. The summed E-state index contributed by atoms with van der Waals surface area (Å²) < 4.78 is 0. The number of rotatable bonds is 0. The molecule has 2 rings (SSSR count). The maximum Gasteiger partial charge on any atom is 0.164 e. The molecule has 0 radical (unpaired) electrons. The van der Waals surface area contributed by atoms with Gasteiger partial charge in [0.25, 0.3) is 0 Å². The Morgan fingerprint density at radius 2 is 2.23 bits per heavy atom. The second-order valence-corrected chi connectivity index (χ2v) is 3.45. The molecule has 0 bridgehead atoms. The zero-order chi connectivity index (χ0) is 9.26. The van der Waals surface area contributed by atoms with Gasteiger partial charge in [-0.15, -0.1) is 0 Å². The summed E-state index contributed by atoms with van der Waals surface area (Å²) in [4.78, 5) is 11.6. The number of Topliss-reactive ketones (excluding diaryl/α,β-unsaturated/α-hetero) is 1. The smallest absolute Gasteiger partial charge is 0.164 e. The molecule has 0 saturated heterocycles. The van der Waals surface area contributed by atoms with Crippen molar-refractivity contribution in [2.24, 2.45) is 0 Å². The van der Waals surface area contributed by atoms with Gasteiger partial charge in [-0.2, -0.15) is 0 Å². The van der Waals surface area contributed by atoms with Gasteiger partial charge < -0.3 is 5.32 Å². The lowest BCUT2D eigenvalue weighted by molar-refractivity contribution is 0.0985. The number of fused-ring (bicyclic) bond motifs is 1. The van der Waals surface area contributed by atoms with Gasteiger partial charge >= 0.3 is 0 Å². The summed E-state index contributed by atoms with van der Waals surface area (Å²) in [5.74, 6) is 0.267. The topological polar surface area (TPSA) is 29.1 Å². The molecule has 1 aliphatic rings. The zero-order valence-corrected chi connectivity index (χ0v) is 7.76. The van der Waals surface area contributed by atoms with Gasteiger partial charge in [-0.1, -0.05) is 18.2 Å². The van der Waals surface area contributed by atoms with Gasteiger partial charge in [-0.3, -0.25) is 4.79 Å². The maximum atomic E-state index is 11.6. The lowest BCUT2D eigenvalue weighted by Gasteiger charge is -2.07. The number of ketones is 1. The van der Waals surface area contributed by atoms with Gasteiger partial charge in [0.15, 0.2) is 5.78 Å². The molecule has 0 amide bonds. The van der Waals surface area contributed by atoms with Crippen LogP contribution in [-0.2, 0) is 6.54 Å². The molecular formula is C11H13NO. The minimum atomic E-state index is 0.267. The summed E-state index contributed by atoms with van der Waals surface area (Å²) in [6.45, 7) is 3.68. The van der Waals surface area contributed by atoms with Crippen molar-refractivity contribution in [3.63, 3.8) is 0 Å². The fourth-order valence-electron chi connectivity index (χ4n) is 1.75. The zero-order valence-electron chi connectivity index (χ0n) is 7.76. The Kier molecular flexibility index (Phi) is 2.15. The molecule has 0 spiro atoms. The van der Waals surface area contributed by atoms with Gasteiger partial charge in [0.1, 0.15) is 0 Å². The van der Waals surface area contributed by atoms with Crippen molar-refractivity contribution < 1.29 is 4.79 Å². The Bertz CT molecular complexity index is 344. The van der Waals surface area contributed by atoms with Gasteiger partial charge in [0, 0.05) is 25.1 Å². The number of aryl methyl sites for hydroxylation is 1. The fraction of sp³-hybridized carbons (Fsp3) is 0.364. The molecule has 1 heterocycles. The number of carbonyl (C=O) groups is 1. The van der Waals surface area contributed by atoms with Crippen LogP contribution in [0.2, 0.25) is 0 Å². The van der Waals surface area contributed by atoms with E-state index in [1.807, 2.05) is 12.1 Å². The highest BCUT2D eigenvalue weighted by Gasteiger charge is 2.15. The van der Waals surface area contributed by atoms with E-state index >= 15 is 0 Å². The molecule has 68 valence electrons. The van der Waals surface area contributed by atoms with Crippen LogP contribution < -0.4 is 5.32 Å². The van der Waals surface area contributed by atoms with Crippen molar-refractivity contribution >= 4 is 5.78 Å². The largest absolute Gasteiger partial charge is 0.312 e. The van der Waals surface area contributed by atoms with Crippen LogP contribution in [0, 0.1) is 6.92 Å². The molecule has 13 heavy (non-hydrogen) atoms. The van der Waals surface area contributed by atoms with Gasteiger partial charge in [-0.05, 0) is 18.1 Å². The van der Waals surface area contributed by atoms with E-state index in [0.29, 0.717) is 6.42 Å². The predicted octanol–water partition coefficient (Wildman–Crippen LogP) is 1.67. The molecule has 1 aliphatic heterocycles. The van der Waals surface area contributed by atoms with Crippen molar-refractivity contribution in [1.29, 1.82) is 0 Å². The molecule has 1 N–H and O–H groups in total. The minimum absolute atomic E-state index is 0.267. The normalized spacial score (nSPS) is 16.5. The summed E-state index contributed by atoms with van der Waals surface area (Å²) in [6.07, 6.45) is 0.621. The van der Waals surface area contributed by atoms with E-state index < -0.39 is 0 Å². The first-order valence-electron chi connectivity index (χ1n) is 4.61. The highest BCUT2D eigenvalue weighted by atomic mass is 16.1. The molecular weight excluding hydrogens is 162 g/mol. The van der Waals surface area contributed by atoms with Crippen molar-refractivity contribution in [2.75, 3.05) is 6.54 Å². The minimum Gasteiger partial charge on any atom is -0.312 e. The summed E-state index contributed by atoms with van der Waals surface area (Å²) in [6, 6.07) is 5.94. The summed E-state index contributed by atoms with van der Waals surface area (Å²) in [7, 11) is 0. The third kappa shape index (κ3) is 1.49. The highest BCUT2D eigenvalue weighted by molar-refractivity contribution is 5.98. The Labute approximate surface area is 78.0 Å². The van der Waals surface area contributed by atoms with Crippen LogP contribution in [0.4, 0.5) is 0 Å². The molecule has 1 aromatic carbocycles. The molecule has 2 heteroatoms. The lowest BCUT2D eigenvalue weighted by Crippen LogP contribution is -2.13. The summed E-state index contributed by atoms with van der Waals surface area (Å²) >= 11 is 0. The molecule has 0 atom stereocenters. The number of carbonyl (C=O) groups excluding carboxylic acids is 1. The second kappa shape index (κ2) is 3.30. The Hall–Kier alpha value is -1.15. The first-order chi connectivity index (χ1) is 6.29. The first-order valence-corrected chi connectivity index (χ1v) is 4.61. The third-order valence-corrected chi connectivity index (χ3v) is 2.54. The van der Waals surface area contributed by atoms with Crippen LogP contribution in [-0.4, -0.2) is 12.3 Å².